The maximum atomic E-state index is 11.7. The number of hydroxylamine groups is 2. The van der Waals surface area contributed by atoms with Gasteiger partial charge >= 0.3 is 0 Å². The van der Waals surface area contributed by atoms with Crippen LogP contribution in [0.1, 0.15) is 19.8 Å². The number of hydrogen-bond acceptors (Lipinski definition) is 3. The summed E-state index contributed by atoms with van der Waals surface area (Å²) in [5.74, 6) is 1.16. The molecule has 4 heteroatoms. The molecule has 0 aromatic carbocycles. The van der Waals surface area contributed by atoms with Crippen LogP contribution in [0.4, 0.5) is 0 Å². The summed E-state index contributed by atoms with van der Waals surface area (Å²) >= 11 is 1.73. The molecule has 1 amide bonds. The van der Waals surface area contributed by atoms with Gasteiger partial charge < -0.3 is 0 Å². The number of carbonyl (C=O) groups is 1. The first kappa shape index (κ1) is 9.86. The molecule has 70 valence electrons. The zero-order valence-electron chi connectivity index (χ0n) is 7.79. The first-order valence-corrected chi connectivity index (χ1v) is 5.05. The van der Waals surface area contributed by atoms with Crippen molar-refractivity contribution in [2.24, 2.45) is 0 Å². The maximum Gasteiger partial charge on any atom is 0.261 e. The summed E-state index contributed by atoms with van der Waals surface area (Å²) in [5, 5.41) is 1.32. The molecule has 0 aliphatic carbocycles. The number of amides is 1. The average molecular weight is 189 g/mol. The van der Waals surface area contributed by atoms with Crippen molar-refractivity contribution in [3.63, 3.8) is 0 Å². The van der Waals surface area contributed by atoms with Crippen molar-refractivity contribution in [1.29, 1.82) is 0 Å². The van der Waals surface area contributed by atoms with E-state index >= 15 is 0 Å². The Morgan fingerprint density at radius 3 is 2.75 bits per heavy atom. The summed E-state index contributed by atoms with van der Waals surface area (Å²) in [6.07, 6.45) is 2.09. The Balaban J connectivity index is 2.61. The minimum absolute atomic E-state index is 0.0764. The van der Waals surface area contributed by atoms with Crippen molar-refractivity contribution in [2.45, 2.75) is 24.5 Å². The van der Waals surface area contributed by atoms with Crippen molar-refractivity contribution in [2.75, 3.05) is 19.9 Å². The molecule has 3 nitrogen and oxygen atoms in total. The smallest absolute Gasteiger partial charge is 0.261 e. The van der Waals surface area contributed by atoms with Crippen LogP contribution in [0.15, 0.2) is 0 Å². The molecule has 12 heavy (non-hydrogen) atoms. The Morgan fingerprint density at radius 2 is 2.33 bits per heavy atom. The fraction of sp³-hybridized carbons (Fsp3) is 0.875. The van der Waals surface area contributed by atoms with Crippen LogP contribution < -0.4 is 0 Å². The molecule has 1 heterocycles. The van der Waals surface area contributed by atoms with E-state index in [0.29, 0.717) is 0 Å². The third-order valence-corrected chi connectivity index (χ3v) is 3.74. The second kappa shape index (κ2) is 3.66. The lowest BCUT2D eigenvalue weighted by molar-refractivity contribution is -0.171. The number of rotatable bonds is 2. The van der Waals surface area contributed by atoms with Crippen molar-refractivity contribution in [3.8, 4) is 0 Å². The third kappa shape index (κ3) is 1.75. The number of nitrogens with zero attached hydrogens (tertiary/aromatic N) is 1. The first-order chi connectivity index (χ1) is 5.60. The normalized spacial score (nSPS) is 28.9. The molecule has 0 aromatic rings. The topological polar surface area (TPSA) is 29.5 Å². The van der Waals surface area contributed by atoms with Gasteiger partial charge in [0, 0.05) is 7.05 Å². The predicted molar refractivity (Wildman–Crippen MR) is 49.9 cm³/mol. The Morgan fingerprint density at radius 1 is 1.67 bits per heavy atom. The molecule has 0 bridgehead atoms. The second-order valence-electron chi connectivity index (χ2n) is 3.17. The van der Waals surface area contributed by atoms with E-state index in [2.05, 4.69) is 0 Å². The van der Waals surface area contributed by atoms with Gasteiger partial charge in [-0.3, -0.25) is 9.63 Å². The molecule has 0 spiro atoms. The minimum Gasteiger partial charge on any atom is -0.275 e. The van der Waals surface area contributed by atoms with Crippen LogP contribution in [-0.4, -0.2) is 35.6 Å². The molecule has 0 aromatic heterocycles. The summed E-state index contributed by atoms with van der Waals surface area (Å²) in [7, 11) is 3.17. The second-order valence-corrected chi connectivity index (χ2v) is 4.77. The highest BCUT2D eigenvalue weighted by atomic mass is 32.2. The Kier molecular flexibility index (Phi) is 3.01. The highest BCUT2D eigenvalue weighted by molar-refractivity contribution is 8.01. The lowest BCUT2D eigenvalue weighted by atomic mass is 10.1. The molecule has 0 radical (unpaired) electrons. The van der Waals surface area contributed by atoms with Gasteiger partial charge in [0.05, 0.1) is 11.9 Å². The van der Waals surface area contributed by atoms with Crippen LogP contribution in [0.25, 0.3) is 0 Å². The SMILES string of the molecule is CON(C)C(=O)C1(C)CCCS1. The third-order valence-electron chi connectivity index (χ3n) is 2.23. The van der Waals surface area contributed by atoms with Crippen LogP contribution in [0, 0.1) is 0 Å². The lowest BCUT2D eigenvalue weighted by Gasteiger charge is -2.26. The fourth-order valence-electron chi connectivity index (χ4n) is 1.36. The molecule has 1 aliphatic rings. The van der Waals surface area contributed by atoms with Gasteiger partial charge in [-0.15, -0.1) is 11.8 Å². The van der Waals surface area contributed by atoms with Gasteiger partial charge in [0.1, 0.15) is 0 Å². The van der Waals surface area contributed by atoms with Gasteiger partial charge in [0.15, 0.2) is 0 Å². The predicted octanol–water partition coefficient (Wildman–Crippen LogP) is 1.29. The van der Waals surface area contributed by atoms with Gasteiger partial charge in [-0.2, -0.15) is 0 Å². The van der Waals surface area contributed by atoms with E-state index in [-0.39, 0.29) is 10.7 Å². The highest BCUT2D eigenvalue weighted by Crippen LogP contribution is 2.38. The molecule has 1 unspecified atom stereocenters. The van der Waals surface area contributed by atoms with E-state index in [1.54, 1.807) is 18.8 Å². The summed E-state index contributed by atoms with van der Waals surface area (Å²) in [6, 6.07) is 0. The quantitative estimate of drug-likeness (QED) is 0.613. The van der Waals surface area contributed by atoms with Gasteiger partial charge in [0.25, 0.3) is 5.91 Å². The van der Waals surface area contributed by atoms with Crippen molar-refractivity contribution in [1.82, 2.24) is 5.06 Å². The Bertz CT molecular complexity index is 178. The standard InChI is InChI=1S/C8H15NO2S/c1-8(5-4-6-12-8)7(10)9(2)11-3/h4-6H2,1-3H3. The summed E-state index contributed by atoms with van der Waals surface area (Å²) in [5.41, 5.74) is 0. The monoisotopic (exact) mass is 189 g/mol. The van der Waals surface area contributed by atoms with Crippen molar-refractivity contribution >= 4 is 17.7 Å². The van der Waals surface area contributed by atoms with E-state index < -0.39 is 0 Å². The lowest BCUT2D eigenvalue weighted by Crippen LogP contribution is -2.40. The van der Waals surface area contributed by atoms with E-state index in [9.17, 15) is 4.79 Å². The van der Waals surface area contributed by atoms with E-state index in [4.69, 9.17) is 4.84 Å². The zero-order chi connectivity index (χ0) is 9.19. The van der Waals surface area contributed by atoms with Crippen LogP contribution in [0.5, 0.6) is 0 Å². The van der Waals surface area contributed by atoms with Crippen LogP contribution in [0.2, 0.25) is 0 Å². The molecule has 0 saturated carbocycles. The Hall–Kier alpha value is -0.220. The summed E-state index contributed by atoms with van der Waals surface area (Å²) in [4.78, 5) is 16.5. The van der Waals surface area contributed by atoms with E-state index in [1.165, 1.54) is 12.2 Å². The first-order valence-electron chi connectivity index (χ1n) is 4.06. The van der Waals surface area contributed by atoms with Gasteiger partial charge in [-0.25, -0.2) is 5.06 Å². The molecular weight excluding hydrogens is 174 g/mol. The molecule has 1 rings (SSSR count). The van der Waals surface area contributed by atoms with Gasteiger partial charge in [0.2, 0.25) is 0 Å². The average Bonchev–Trinajstić information content (AvgIpc) is 2.50. The van der Waals surface area contributed by atoms with Crippen molar-refractivity contribution in [3.05, 3.63) is 0 Å². The Labute approximate surface area is 77.4 Å². The van der Waals surface area contributed by atoms with Gasteiger partial charge in [-0.05, 0) is 25.5 Å². The fourth-order valence-corrected chi connectivity index (χ4v) is 2.64. The van der Waals surface area contributed by atoms with E-state index in [1.807, 2.05) is 6.92 Å². The van der Waals surface area contributed by atoms with Crippen LogP contribution >= 0.6 is 11.8 Å². The van der Waals surface area contributed by atoms with E-state index in [0.717, 1.165) is 18.6 Å². The highest BCUT2D eigenvalue weighted by Gasteiger charge is 2.39. The molecule has 1 fully saturated rings. The van der Waals surface area contributed by atoms with Crippen LogP contribution in [0.3, 0.4) is 0 Å². The minimum atomic E-state index is -0.245. The largest absolute Gasteiger partial charge is 0.275 e. The summed E-state index contributed by atoms with van der Waals surface area (Å²) in [6.45, 7) is 1.99. The van der Waals surface area contributed by atoms with Crippen molar-refractivity contribution < 1.29 is 9.63 Å². The van der Waals surface area contributed by atoms with Gasteiger partial charge in [-0.1, -0.05) is 0 Å². The molecular formula is C8H15NO2S. The number of thioether (sulfide) groups is 1. The maximum absolute atomic E-state index is 11.7. The molecule has 0 N–H and O–H groups in total. The van der Waals surface area contributed by atoms with Crippen LogP contribution in [-0.2, 0) is 9.63 Å². The summed E-state index contributed by atoms with van der Waals surface area (Å²) < 4.78 is -0.245. The molecule has 1 atom stereocenters. The number of carbonyl (C=O) groups excluding carboxylic acids is 1. The zero-order valence-corrected chi connectivity index (χ0v) is 8.61. The molecule has 1 saturated heterocycles. The number of hydrogen-bond donors (Lipinski definition) is 0. The molecule has 1 aliphatic heterocycles.